The van der Waals surface area contributed by atoms with Crippen LogP contribution in [-0.2, 0) is 6.42 Å². The molecule has 5 heteroatoms. The topological polar surface area (TPSA) is 82.3 Å². The minimum absolute atomic E-state index is 0.0692. The van der Waals surface area contributed by atoms with E-state index in [0.717, 1.165) is 24.2 Å². The summed E-state index contributed by atoms with van der Waals surface area (Å²) in [6, 6.07) is 8.72. The highest BCUT2D eigenvalue weighted by Crippen LogP contribution is 2.32. The molecule has 2 rings (SSSR count). The van der Waals surface area contributed by atoms with Crippen LogP contribution in [0.25, 0.3) is 11.3 Å². The molecule has 0 aliphatic heterocycles. The SMILES string of the molecule is Cc1ccc(-c2ccc(CCCN)o2)c([N+](=O)[O-])c1. The summed E-state index contributed by atoms with van der Waals surface area (Å²) in [7, 11) is 0. The molecule has 0 fully saturated rings. The Morgan fingerprint density at radius 2 is 2.11 bits per heavy atom. The number of benzene rings is 1. The lowest BCUT2D eigenvalue weighted by molar-refractivity contribution is -0.384. The smallest absolute Gasteiger partial charge is 0.280 e. The van der Waals surface area contributed by atoms with E-state index >= 15 is 0 Å². The van der Waals surface area contributed by atoms with Gasteiger partial charge >= 0.3 is 0 Å². The molecule has 0 aliphatic carbocycles. The molecule has 0 bridgehead atoms. The number of aryl methyl sites for hydroxylation is 2. The highest BCUT2D eigenvalue weighted by molar-refractivity contribution is 5.70. The van der Waals surface area contributed by atoms with Gasteiger partial charge in [0.2, 0.25) is 0 Å². The number of nitro groups is 1. The Kier molecular flexibility index (Phi) is 3.97. The van der Waals surface area contributed by atoms with Crippen molar-refractivity contribution in [2.45, 2.75) is 19.8 Å². The molecule has 0 atom stereocenters. The maximum atomic E-state index is 11.1. The van der Waals surface area contributed by atoms with Crippen molar-refractivity contribution in [3.8, 4) is 11.3 Å². The molecule has 19 heavy (non-hydrogen) atoms. The molecule has 100 valence electrons. The van der Waals surface area contributed by atoms with Crippen LogP contribution < -0.4 is 5.73 Å². The minimum Gasteiger partial charge on any atom is -0.461 e. The van der Waals surface area contributed by atoms with Crippen molar-refractivity contribution < 1.29 is 9.34 Å². The molecule has 2 aromatic rings. The van der Waals surface area contributed by atoms with Crippen molar-refractivity contribution in [1.29, 1.82) is 0 Å². The minimum atomic E-state index is -0.385. The van der Waals surface area contributed by atoms with Crippen LogP contribution >= 0.6 is 0 Å². The van der Waals surface area contributed by atoms with Crippen molar-refractivity contribution in [1.82, 2.24) is 0 Å². The van der Waals surface area contributed by atoms with Crippen molar-refractivity contribution in [2.75, 3.05) is 6.54 Å². The molecule has 0 saturated carbocycles. The van der Waals surface area contributed by atoms with E-state index in [1.165, 1.54) is 0 Å². The van der Waals surface area contributed by atoms with Gasteiger partial charge in [0.15, 0.2) is 0 Å². The predicted molar refractivity (Wildman–Crippen MR) is 72.9 cm³/mol. The zero-order chi connectivity index (χ0) is 13.8. The first-order valence-electron chi connectivity index (χ1n) is 6.16. The molecule has 1 aromatic carbocycles. The summed E-state index contributed by atoms with van der Waals surface area (Å²) in [6.07, 6.45) is 1.58. The number of rotatable bonds is 5. The summed E-state index contributed by atoms with van der Waals surface area (Å²) >= 11 is 0. The van der Waals surface area contributed by atoms with Crippen LogP contribution in [0.5, 0.6) is 0 Å². The quantitative estimate of drug-likeness (QED) is 0.661. The van der Waals surface area contributed by atoms with E-state index in [-0.39, 0.29) is 10.6 Å². The number of hydrogen-bond donors (Lipinski definition) is 1. The van der Waals surface area contributed by atoms with Gasteiger partial charge in [0.05, 0.1) is 10.5 Å². The van der Waals surface area contributed by atoms with Crippen LogP contribution in [0.1, 0.15) is 17.7 Å². The first kappa shape index (κ1) is 13.3. The maximum Gasteiger partial charge on any atom is 0.280 e. The molecule has 0 unspecified atom stereocenters. The van der Waals surface area contributed by atoms with Gasteiger partial charge < -0.3 is 10.2 Å². The Morgan fingerprint density at radius 1 is 1.32 bits per heavy atom. The number of furan rings is 1. The van der Waals surface area contributed by atoms with Gasteiger partial charge in [-0.3, -0.25) is 10.1 Å². The van der Waals surface area contributed by atoms with Crippen molar-refractivity contribution in [2.24, 2.45) is 5.73 Å². The standard InChI is InChI=1S/C14H16N2O3/c1-10-4-6-12(13(9-10)16(17)18)14-7-5-11(19-14)3-2-8-15/h4-7,9H,2-3,8,15H2,1H3. The van der Waals surface area contributed by atoms with Gasteiger partial charge in [-0.25, -0.2) is 0 Å². The monoisotopic (exact) mass is 260 g/mol. The third-order valence-corrected chi connectivity index (χ3v) is 2.90. The fraction of sp³-hybridized carbons (Fsp3) is 0.286. The molecule has 0 saturated heterocycles. The Balaban J connectivity index is 2.36. The average molecular weight is 260 g/mol. The van der Waals surface area contributed by atoms with Crippen LogP contribution in [0.3, 0.4) is 0 Å². The lowest BCUT2D eigenvalue weighted by Gasteiger charge is -2.01. The second kappa shape index (κ2) is 5.67. The molecule has 5 nitrogen and oxygen atoms in total. The van der Waals surface area contributed by atoms with E-state index in [2.05, 4.69) is 0 Å². The van der Waals surface area contributed by atoms with Gasteiger partial charge in [0.1, 0.15) is 11.5 Å². The summed E-state index contributed by atoms with van der Waals surface area (Å²) in [5.74, 6) is 1.33. The van der Waals surface area contributed by atoms with E-state index in [9.17, 15) is 10.1 Å². The molecule has 0 aliphatic rings. The lowest BCUT2D eigenvalue weighted by atomic mass is 10.1. The highest BCUT2D eigenvalue weighted by Gasteiger charge is 2.18. The van der Waals surface area contributed by atoms with Crippen molar-refractivity contribution >= 4 is 5.69 Å². The third kappa shape index (κ3) is 3.00. The highest BCUT2D eigenvalue weighted by atomic mass is 16.6. The van der Waals surface area contributed by atoms with Crippen LogP contribution in [0, 0.1) is 17.0 Å². The van der Waals surface area contributed by atoms with E-state index in [1.807, 2.05) is 19.1 Å². The van der Waals surface area contributed by atoms with E-state index in [0.29, 0.717) is 17.9 Å². The average Bonchev–Trinajstić information content (AvgIpc) is 2.84. The number of nitrogens with two attached hydrogens (primary N) is 1. The maximum absolute atomic E-state index is 11.1. The lowest BCUT2D eigenvalue weighted by Crippen LogP contribution is -1.99. The Bertz CT molecular complexity index is 590. The molecule has 1 aromatic heterocycles. The van der Waals surface area contributed by atoms with Crippen molar-refractivity contribution in [3.63, 3.8) is 0 Å². The summed E-state index contributed by atoms with van der Waals surface area (Å²) in [5.41, 5.74) is 6.87. The molecular formula is C14H16N2O3. The van der Waals surface area contributed by atoms with Crippen LogP contribution in [0.15, 0.2) is 34.7 Å². The Morgan fingerprint density at radius 3 is 2.79 bits per heavy atom. The molecule has 0 radical (unpaired) electrons. The van der Waals surface area contributed by atoms with Crippen LogP contribution in [-0.4, -0.2) is 11.5 Å². The molecule has 1 heterocycles. The van der Waals surface area contributed by atoms with Gasteiger partial charge in [-0.05, 0) is 43.7 Å². The van der Waals surface area contributed by atoms with Crippen LogP contribution in [0.2, 0.25) is 0 Å². The Hall–Kier alpha value is -2.14. The van der Waals surface area contributed by atoms with Crippen molar-refractivity contribution in [3.05, 3.63) is 51.8 Å². The van der Waals surface area contributed by atoms with Gasteiger partial charge in [-0.2, -0.15) is 0 Å². The Labute approximate surface area is 111 Å². The van der Waals surface area contributed by atoms with Gasteiger partial charge in [0, 0.05) is 12.5 Å². The third-order valence-electron chi connectivity index (χ3n) is 2.90. The first-order chi connectivity index (χ1) is 9.11. The van der Waals surface area contributed by atoms with Gasteiger partial charge in [-0.1, -0.05) is 6.07 Å². The zero-order valence-electron chi connectivity index (χ0n) is 10.8. The molecule has 2 N–H and O–H groups in total. The van der Waals surface area contributed by atoms with Crippen LogP contribution in [0.4, 0.5) is 5.69 Å². The normalized spacial score (nSPS) is 10.6. The first-order valence-corrected chi connectivity index (χ1v) is 6.16. The van der Waals surface area contributed by atoms with E-state index in [1.54, 1.807) is 18.2 Å². The fourth-order valence-corrected chi connectivity index (χ4v) is 1.93. The molecule has 0 spiro atoms. The molecular weight excluding hydrogens is 244 g/mol. The number of hydrogen-bond acceptors (Lipinski definition) is 4. The second-order valence-electron chi connectivity index (χ2n) is 4.44. The fourth-order valence-electron chi connectivity index (χ4n) is 1.93. The largest absolute Gasteiger partial charge is 0.461 e. The predicted octanol–water partition coefficient (Wildman–Crippen LogP) is 3.05. The second-order valence-corrected chi connectivity index (χ2v) is 4.44. The van der Waals surface area contributed by atoms with Gasteiger partial charge in [-0.15, -0.1) is 0 Å². The molecule has 0 amide bonds. The van der Waals surface area contributed by atoms with E-state index < -0.39 is 0 Å². The van der Waals surface area contributed by atoms with Gasteiger partial charge in [0.25, 0.3) is 5.69 Å². The summed E-state index contributed by atoms with van der Waals surface area (Å²) in [6.45, 7) is 2.42. The summed E-state index contributed by atoms with van der Waals surface area (Å²) in [5, 5.41) is 11.1. The summed E-state index contributed by atoms with van der Waals surface area (Å²) in [4.78, 5) is 10.7. The summed E-state index contributed by atoms with van der Waals surface area (Å²) < 4.78 is 5.64. The van der Waals surface area contributed by atoms with E-state index in [4.69, 9.17) is 10.2 Å². The zero-order valence-corrected chi connectivity index (χ0v) is 10.8. The number of nitro benzene ring substituents is 1. The number of nitrogens with zero attached hydrogens (tertiary/aromatic N) is 1.